The lowest BCUT2D eigenvalue weighted by Crippen LogP contribution is -2.54. The summed E-state index contributed by atoms with van der Waals surface area (Å²) < 4.78 is 23.5. The minimum Gasteiger partial charge on any atom is -0.390 e. The number of nitrogens with zero attached hydrogens (tertiary/aromatic N) is 3. The van der Waals surface area contributed by atoms with Crippen molar-refractivity contribution >= 4 is 45.0 Å². The Kier molecular flexibility index (Phi) is 7.18. The molecule has 2 aliphatic rings. The number of sulfonamides is 1. The third kappa shape index (κ3) is 5.22. The Bertz CT molecular complexity index is 1200. The molecule has 2 aliphatic heterocycles. The zero-order valence-corrected chi connectivity index (χ0v) is 20.4. The highest BCUT2D eigenvalue weighted by atomic mass is 35.5. The molecular weight excluding hydrogens is 503 g/mol. The molecule has 4 rings (SSSR count). The second-order valence-electron chi connectivity index (χ2n) is 8.37. The van der Waals surface area contributed by atoms with Crippen LogP contribution in [-0.4, -0.2) is 91.5 Å². The number of hydrogen-bond acceptors (Lipinski definition) is 6. The highest BCUT2D eigenvalue weighted by molar-refractivity contribution is 7.89. The van der Waals surface area contributed by atoms with Gasteiger partial charge in [-0.05, 0) is 42.5 Å². The molecule has 0 aromatic heterocycles. The van der Waals surface area contributed by atoms with Gasteiger partial charge in [0.1, 0.15) is 4.90 Å². The van der Waals surface area contributed by atoms with Gasteiger partial charge in [-0.15, -0.1) is 0 Å². The number of carbonyl (C=O) groups excluding carboxylic acids is 2. The number of halogens is 2. The summed E-state index contributed by atoms with van der Waals surface area (Å²) in [7, 11) is -4.09. The zero-order chi connectivity index (χ0) is 24.6. The number of aliphatic hydroxyl groups excluding tert-OH is 1. The van der Waals surface area contributed by atoms with E-state index in [4.69, 9.17) is 28.3 Å². The molecule has 2 amide bonds. The highest BCUT2D eigenvalue weighted by Crippen LogP contribution is 2.25. The number of piperazine rings is 1. The highest BCUT2D eigenvalue weighted by Gasteiger charge is 2.39. The van der Waals surface area contributed by atoms with Crippen molar-refractivity contribution in [2.24, 2.45) is 5.14 Å². The van der Waals surface area contributed by atoms with Gasteiger partial charge in [-0.1, -0.05) is 23.2 Å². The van der Waals surface area contributed by atoms with Crippen LogP contribution in [0.15, 0.2) is 47.4 Å². The van der Waals surface area contributed by atoms with E-state index in [0.717, 1.165) is 6.07 Å². The molecule has 0 radical (unpaired) electrons. The average Bonchev–Trinajstić information content (AvgIpc) is 3.20. The quantitative estimate of drug-likeness (QED) is 0.618. The Labute approximate surface area is 207 Å². The van der Waals surface area contributed by atoms with E-state index in [2.05, 4.69) is 4.90 Å². The number of β-amino-alcohol motifs (C(OH)–C–C–N with tert-alkyl or cyclic N) is 1. The van der Waals surface area contributed by atoms with Crippen molar-refractivity contribution in [3.8, 4) is 0 Å². The monoisotopic (exact) mass is 526 g/mol. The molecule has 12 heteroatoms. The Morgan fingerprint density at radius 2 is 1.47 bits per heavy atom. The molecule has 0 saturated carbocycles. The van der Waals surface area contributed by atoms with Gasteiger partial charge in [0.15, 0.2) is 0 Å². The lowest BCUT2D eigenvalue weighted by molar-refractivity contribution is 0.0376. The third-order valence-corrected chi connectivity index (χ3v) is 7.84. The van der Waals surface area contributed by atoms with Crippen LogP contribution < -0.4 is 5.14 Å². The maximum absolute atomic E-state index is 13.0. The topological polar surface area (TPSA) is 124 Å². The lowest BCUT2D eigenvalue weighted by atomic mass is 10.1. The van der Waals surface area contributed by atoms with Crippen molar-refractivity contribution in [2.45, 2.75) is 17.0 Å². The summed E-state index contributed by atoms with van der Waals surface area (Å²) in [5.41, 5.74) is 0.692. The van der Waals surface area contributed by atoms with Crippen LogP contribution in [0.2, 0.25) is 10.0 Å². The average molecular weight is 527 g/mol. The Morgan fingerprint density at radius 3 is 2.09 bits per heavy atom. The molecule has 2 aromatic carbocycles. The first kappa shape index (κ1) is 24.9. The Morgan fingerprint density at radius 1 is 0.882 bits per heavy atom. The summed E-state index contributed by atoms with van der Waals surface area (Å²) in [6, 6.07) is 10.4. The molecule has 0 unspecified atom stereocenters. The van der Waals surface area contributed by atoms with E-state index in [1.165, 1.54) is 17.0 Å². The zero-order valence-electron chi connectivity index (χ0n) is 18.1. The van der Waals surface area contributed by atoms with Gasteiger partial charge in [-0.2, -0.15) is 0 Å². The second kappa shape index (κ2) is 9.80. The summed E-state index contributed by atoms with van der Waals surface area (Å²) in [6.07, 6.45) is -0.771. The number of likely N-dealkylation sites (tertiary alicyclic amines) is 1. The molecule has 2 fully saturated rings. The van der Waals surface area contributed by atoms with Crippen molar-refractivity contribution in [3.05, 3.63) is 63.6 Å². The number of nitrogens with two attached hydrogens (primary N) is 1. The molecule has 0 spiro atoms. The Hall–Kier alpha value is -2.21. The van der Waals surface area contributed by atoms with Gasteiger partial charge >= 0.3 is 0 Å². The number of aliphatic hydroxyl groups is 1. The van der Waals surface area contributed by atoms with Crippen LogP contribution in [-0.2, 0) is 10.0 Å². The van der Waals surface area contributed by atoms with Gasteiger partial charge < -0.3 is 14.9 Å². The van der Waals surface area contributed by atoms with Crippen LogP contribution in [0, 0.1) is 0 Å². The van der Waals surface area contributed by atoms with E-state index < -0.39 is 22.0 Å². The first-order valence-electron chi connectivity index (χ1n) is 10.6. The molecule has 34 heavy (non-hydrogen) atoms. The number of primary sulfonamides is 1. The lowest BCUT2D eigenvalue weighted by Gasteiger charge is -2.38. The van der Waals surface area contributed by atoms with Gasteiger partial charge in [0, 0.05) is 55.4 Å². The van der Waals surface area contributed by atoms with Gasteiger partial charge in [-0.3, -0.25) is 14.5 Å². The first-order chi connectivity index (χ1) is 16.0. The van der Waals surface area contributed by atoms with Gasteiger partial charge in [0.25, 0.3) is 11.8 Å². The van der Waals surface area contributed by atoms with Crippen LogP contribution in [0.3, 0.4) is 0 Å². The van der Waals surface area contributed by atoms with E-state index >= 15 is 0 Å². The molecule has 2 atom stereocenters. The summed E-state index contributed by atoms with van der Waals surface area (Å²) >= 11 is 11.8. The fraction of sp³-hybridized carbons (Fsp3) is 0.364. The third-order valence-electron chi connectivity index (χ3n) is 6.19. The van der Waals surface area contributed by atoms with E-state index in [-0.39, 0.29) is 40.5 Å². The van der Waals surface area contributed by atoms with E-state index in [0.29, 0.717) is 36.8 Å². The standard InChI is InChI=1S/C22H24Cl2N4O5S/c23-16-4-1-14(2-5-16)21(30)27-9-7-26(8-10-27)18-12-28(13-19(18)29)22(31)15-3-6-17(24)20(11-15)34(25,32)33/h1-6,11,18-19,29H,7-10,12-13H2,(H2,25,32,33)/t18-,19-/m1/s1. The molecule has 182 valence electrons. The van der Waals surface area contributed by atoms with Crippen molar-refractivity contribution in [3.63, 3.8) is 0 Å². The molecule has 0 bridgehead atoms. The molecule has 3 N–H and O–H groups in total. The fourth-order valence-corrected chi connectivity index (χ4v) is 5.56. The largest absolute Gasteiger partial charge is 0.390 e. The summed E-state index contributed by atoms with van der Waals surface area (Å²) in [5, 5.41) is 16.3. The van der Waals surface area contributed by atoms with Crippen LogP contribution in [0.25, 0.3) is 0 Å². The van der Waals surface area contributed by atoms with Gasteiger partial charge in [-0.25, -0.2) is 13.6 Å². The first-order valence-corrected chi connectivity index (χ1v) is 12.9. The van der Waals surface area contributed by atoms with E-state index in [1.54, 1.807) is 29.2 Å². The molecule has 2 heterocycles. The fourth-order valence-electron chi connectivity index (χ4n) is 4.36. The molecular formula is C22H24Cl2N4O5S. The van der Waals surface area contributed by atoms with Crippen LogP contribution in [0.5, 0.6) is 0 Å². The maximum Gasteiger partial charge on any atom is 0.254 e. The molecule has 2 saturated heterocycles. The van der Waals surface area contributed by atoms with E-state index in [9.17, 15) is 23.1 Å². The molecule has 2 aromatic rings. The summed E-state index contributed by atoms with van der Waals surface area (Å²) in [4.78, 5) is 30.7. The minimum absolute atomic E-state index is 0.0654. The van der Waals surface area contributed by atoms with Crippen molar-refractivity contribution in [1.29, 1.82) is 0 Å². The van der Waals surface area contributed by atoms with Crippen molar-refractivity contribution in [1.82, 2.24) is 14.7 Å². The smallest absolute Gasteiger partial charge is 0.254 e. The van der Waals surface area contributed by atoms with Gasteiger partial charge in [0.05, 0.1) is 17.2 Å². The molecule has 9 nitrogen and oxygen atoms in total. The molecule has 0 aliphatic carbocycles. The number of hydrogen-bond donors (Lipinski definition) is 2. The SMILES string of the molecule is NS(=O)(=O)c1cc(C(=O)N2C[C@@H](O)[C@H](N3CCN(C(=O)c4ccc(Cl)cc4)CC3)C2)ccc1Cl. The predicted molar refractivity (Wildman–Crippen MR) is 127 cm³/mol. The predicted octanol–water partition coefficient (Wildman–Crippen LogP) is 1.28. The minimum atomic E-state index is -4.09. The number of carbonyl (C=O) groups is 2. The number of amides is 2. The van der Waals surface area contributed by atoms with Gasteiger partial charge in [0.2, 0.25) is 10.0 Å². The normalized spacial score (nSPS) is 21.6. The summed E-state index contributed by atoms with van der Waals surface area (Å²) in [6.45, 7) is 2.49. The van der Waals surface area contributed by atoms with Crippen LogP contribution >= 0.6 is 23.2 Å². The maximum atomic E-state index is 13.0. The summed E-state index contributed by atoms with van der Waals surface area (Å²) in [5.74, 6) is -0.492. The second-order valence-corrected chi connectivity index (χ2v) is 10.7. The van der Waals surface area contributed by atoms with Crippen LogP contribution in [0.1, 0.15) is 20.7 Å². The number of rotatable bonds is 4. The van der Waals surface area contributed by atoms with Crippen molar-refractivity contribution in [2.75, 3.05) is 39.3 Å². The van der Waals surface area contributed by atoms with Crippen molar-refractivity contribution < 1.29 is 23.1 Å². The number of benzene rings is 2. The Balaban J connectivity index is 1.39. The van der Waals surface area contributed by atoms with E-state index in [1.807, 2.05) is 0 Å². The van der Waals surface area contributed by atoms with Crippen LogP contribution in [0.4, 0.5) is 0 Å².